The van der Waals surface area contributed by atoms with Crippen molar-refractivity contribution in [2.45, 2.75) is 59.5 Å². The van der Waals surface area contributed by atoms with E-state index in [1.54, 1.807) is 0 Å². The zero-order valence-electron chi connectivity index (χ0n) is 12.2. The van der Waals surface area contributed by atoms with Crippen molar-refractivity contribution in [1.29, 1.82) is 0 Å². The molecule has 0 aliphatic rings. The molecule has 0 radical (unpaired) electrons. The summed E-state index contributed by atoms with van der Waals surface area (Å²) in [5.74, 6) is 1.00. The van der Waals surface area contributed by atoms with Crippen LogP contribution in [0.1, 0.15) is 51.8 Å². The summed E-state index contributed by atoms with van der Waals surface area (Å²) in [5.41, 5.74) is 2.52. The molecule has 2 N–H and O–H groups in total. The number of hydrogen-bond donors (Lipinski definition) is 2. The van der Waals surface area contributed by atoms with E-state index in [1.165, 1.54) is 17.7 Å². The van der Waals surface area contributed by atoms with Gasteiger partial charge in [0, 0.05) is 18.3 Å². The molecule has 0 unspecified atom stereocenters. The molecule has 18 heavy (non-hydrogen) atoms. The van der Waals surface area contributed by atoms with Gasteiger partial charge in [0.1, 0.15) is 5.82 Å². The second-order valence-corrected chi connectivity index (χ2v) is 5.08. The van der Waals surface area contributed by atoms with Crippen molar-refractivity contribution >= 4 is 5.82 Å². The summed E-state index contributed by atoms with van der Waals surface area (Å²) in [7, 11) is 0. The molecular weight excluding hydrogens is 222 g/mol. The molecule has 0 fully saturated rings. The van der Waals surface area contributed by atoms with E-state index < -0.39 is 0 Å². The van der Waals surface area contributed by atoms with Gasteiger partial charge in [0.2, 0.25) is 0 Å². The second-order valence-electron chi connectivity index (χ2n) is 5.08. The Labute approximate surface area is 111 Å². The smallest absolute Gasteiger partial charge is 0.126 e. The molecule has 1 heterocycles. The molecule has 0 aliphatic heterocycles. The first kappa shape index (κ1) is 15.0. The Bertz CT molecular complexity index is 348. The highest BCUT2D eigenvalue weighted by Crippen LogP contribution is 2.13. The van der Waals surface area contributed by atoms with E-state index >= 15 is 0 Å². The van der Waals surface area contributed by atoms with E-state index in [1.807, 2.05) is 0 Å². The van der Waals surface area contributed by atoms with Crippen LogP contribution < -0.4 is 10.6 Å². The first-order chi connectivity index (χ1) is 8.65. The van der Waals surface area contributed by atoms with Crippen molar-refractivity contribution in [3.8, 4) is 0 Å². The molecule has 0 saturated carbocycles. The maximum absolute atomic E-state index is 4.65. The summed E-state index contributed by atoms with van der Waals surface area (Å²) in [4.78, 5) is 4.65. The molecule has 0 atom stereocenters. The fraction of sp³-hybridized carbons (Fsp3) is 0.667. The van der Waals surface area contributed by atoms with Crippen LogP contribution in [0.4, 0.5) is 5.82 Å². The normalized spacial score (nSPS) is 10.9. The van der Waals surface area contributed by atoms with E-state index in [2.05, 4.69) is 55.4 Å². The van der Waals surface area contributed by atoms with E-state index in [9.17, 15) is 0 Å². The molecule has 1 aromatic rings. The number of nitrogens with zero attached hydrogens (tertiary/aromatic N) is 1. The first-order valence-corrected chi connectivity index (χ1v) is 7.12. The Hall–Kier alpha value is -1.09. The number of aryl methyl sites for hydroxylation is 1. The molecule has 0 amide bonds. The molecular formula is C15H27N3. The van der Waals surface area contributed by atoms with Gasteiger partial charge < -0.3 is 10.6 Å². The monoisotopic (exact) mass is 249 g/mol. The third-order valence-electron chi connectivity index (χ3n) is 2.64. The van der Waals surface area contributed by atoms with Gasteiger partial charge in [-0.25, -0.2) is 4.98 Å². The zero-order valence-corrected chi connectivity index (χ0v) is 12.2. The lowest BCUT2D eigenvalue weighted by molar-refractivity contribution is 0.673. The lowest BCUT2D eigenvalue weighted by atomic mass is 10.1. The zero-order chi connectivity index (χ0) is 13.4. The predicted octanol–water partition coefficient (Wildman–Crippen LogP) is 3.35. The van der Waals surface area contributed by atoms with Gasteiger partial charge in [0.25, 0.3) is 0 Å². The minimum Gasteiger partial charge on any atom is -0.368 e. The maximum Gasteiger partial charge on any atom is 0.126 e. The maximum atomic E-state index is 4.65. The largest absolute Gasteiger partial charge is 0.368 e. The molecule has 0 aliphatic carbocycles. The number of anilines is 1. The van der Waals surface area contributed by atoms with Gasteiger partial charge in [-0.3, -0.25) is 0 Å². The van der Waals surface area contributed by atoms with Crippen molar-refractivity contribution in [2.24, 2.45) is 0 Å². The second kappa shape index (κ2) is 8.09. The van der Waals surface area contributed by atoms with E-state index in [0.717, 1.165) is 31.7 Å². The highest BCUT2D eigenvalue weighted by molar-refractivity contribution is 5.40. The van der Waals surface area contributed by atoms with Crippen LogP contribution in [0, 0.1) is 0 Å². The van der Waals surface area contributed by atoms with Crippen LogP contribution in [0.3, 0.4) is 0 Å². The third-order valence-corrected chi connectivity index (χ3v) is 2.64. The molecule has 0 aromatic carbocycles. The average Bonchev–Trinajstić information content (AvgIpc) is 2.28. The minimum atomic E-state index is 0.422. The van der Waals surface area contributed by atoms with Crippen LogP contribution in [-0.2, 0) is 13.0 Å². The summed E-state index contributed by atoms with van der Waals surface area (Å²) in [6.45, 7) is 10.7. The lowest BCUT2D eigenvalue weighted by Crippen LogP contribution is -2.16. The molecule has 0 spiro atoms. The number of hydrogen-bond acceptors (Lipinski definition) is 3. The Balaban J connectivity index is 2.77. The van der Waals surface area contributed by atoms with Crippen molar-refractivity contribution < 1.29 is 0 Å². The van der Waals surface area contributed by atoms with Crippen molar-refractivity contribution in [3.63, 3.8) is 0 Å². The Morgan fingerprint density at radius 1 is 1.17 bits per heavy atom. The van der Waals surface area contributed by atoms with Crippen molar-refractivity contribution in [1.82, 2.24) is 10.3 Å². The van der Waals surface area contributed by atoms with Crippen LogP contribution in [0.25, 0.3) is 0 Å². The summed E-state index contributed by atoms with van der Waals surface area (Å²) in [6, 6.07) is 4.80. The van der Waals surface area contributed by atoms with E-state index in [0.29, 0.717) is 6.04 Å². The highest BCUT2D eigenvalue weighted by atomic mass is 15.0. The highest BCUT2D eigenvalue weighted by Gasteiger charge is 2.03. The summed E-state index contributed by atoms with van der Waals surface area (Å²) < 4.78 is 0. The summed E-state index contributed by atoms with van der Waals surface area (Å²) in [5, 5.41) is 6.84. The minimum absolute atomic E-state index is 0.422. The number of pyridine rings is 1. The van der Waals surface area contributed by atoms with Crippen LogP contribution in [-0.4, -0.2) is 17.6 Å². The fourth-order valence-electron chi connectivity index (χ4n) is 1.92. The van der Waals surface area contributed by atoms with E-state index in [-0.39, 0.29) is 0 Å². The van der Waals surface area contributed by atoms with Crippen LogP contribution in [0.5, 0.6) is 0 Å². The molecule has 102 valence electrons. The molecule has 1 aromatic heterocycles. The van der Waals surface area contributed by atoms with Crippen LogP contribution in [0.15, 0.2) is 12.1 Å². The van der Waals surface area contributed by atoms with Gasteiger partial charge in [-0.15, -0.1) is 0 Å². The Morgan fingerprint density at radius 3 is 2.56 bits per heavy atom. The Kier molecular flexibility index (Phi) is 6.73. The summed E-state index contributed by atoms with van der Waals surface area (Å²) in [6.07, 6.45) is 3.36. The third kappa shape index (κ3) is 5.50. The standard InChI is InChI=1S/C15H27N3/c1-5-7-14-9-13(11-16-8-6-2)10-15(18-14)17-12(3)4/h9-10,12,16H,5-8,11H2,1-4H3,(H,17,18). The molecule has 3 nitrogen and oxygen atoms in total. The van der Waals surface area contributed by atoms with Gasteiger partial charge in [-0.1, -0.05) is 20.3 Å². The van der Waals surface area contributed by atoms with Gasteiger partial charge >= 0.3 is 0 Å². The summed E-state index contributed by atoms with van der Waals surface area (Å²) >= 11 is 0. The molecule has 3 heteroatoms. The molecule has 0 saturated heterocycles. The first-order valence-electron chi connectivity index (χ1n) is 7.12. The van der Waals surface area contributed by atoms with E-state index in [4.69, 9.17) is 0 Å². The number of nitrogens with one attached hydrogen (secondary N) is 2. The molecule has 0 bridgehead atoms. The van der Waals surface area contributed by atoms with Crippen LogP contribution in [0.2, 0.25) is 0 Å². The average molecular weight is 249 g/mol. The lowest BCUT2D eigenvalue weighted by Gasteiger charge is -2.13. The van der Waals surface area contributed by atoms with Gasteiger partial charge in [0.15, 0.2) is 0 Å². The number of rotatable bonds is 8. The van der Waals surface area contributed by atoms with Gasteiger partial charge in [-0.05, 0) is 50.9 Å². The number of aromatic nitrogens is 1. The molecule has 1 rings (SSSR count). The topological polar surface area (TPSA) is 37.0 Å². The Morgan fingerprint density at radius 2 is 1.94 bits per heavy atom. The van der Waals surface area contributed by atoms with Crippen molar-refractivity contribution in [2.75, 3.05) is 11.9 Å². The van der Waals surface area contributed by atoms with Gasteiger partial charge in [-0.2, -0.15) is 0 Å². The van der Waals surface area contributed by atoms with Gasteiger partial charge in [0.05, 0.1) is 0 Å². The quantitative estimate of drug-likeness (QED) is 0.694. The van der Waals surface area contributed by atoms with Crippen molar-refractivity contribution in [3.05, 3.63) is 23.4 Å². The predicted molar refractivity (Wildman–Crippen MR) is 79.0 cm³/mol. The van der Waals surface area contributed by atoms with Crippen LogP contribution >= 0.6 is 0 Å². The fourth-order valence-corrected chi connectivity index (χ4v) is 1.92. The SMILES string of the molecule is CCCNCc1cc(CCC)nc(NC(C)C)c1.